The third kappa shape index (κ3) is 3.30. The van der Waals surface area contributed by atoms with Crippen LogP contribution in [0.3, 0.4) is 0 Å². The van der Waals surface area contributed by atoms with Gasteiger partial charge in [0, 0.05) is 32.7 Å². The Morgan fingerprint density at radius 2 is 1.71 bits per heavy atom. The molecule has 4 rings (SSSR count). The van der Waals surface area contributed by atoms with Crippen LogP contribution in [0.2, 0.25) is 0 Å². The maximum Gasteiger partial charge on any atom is 0.0765 e. The van der Waals surface area contributed by atoms with Crippen molar-refractivity contribution in [2.75, 3.05) is 20.3 Å². The van der Waals surface area contributed by atoms with Crippen LogP contribution in [0.25, 0.3) is 0 Å². The van der Waals surface area contributed by atoms with E-state index < -0.39 is 5.60 Å². The van der Waals surface area contributed by atoms with E-state index >= 15 is 0 Å². The van der Waals surface area contributed by atoms with Crippen LogP contribution in [0, 0.1) is 23.2 Å². The molecule has 4 bridgehead atoms. The molecule has 0 saturated heterocycles. The van der Waals surface area contributed by atoms with Crippen LogP contribution in [0.15, 0.2) is 0 Å². The Bertz CT molecular complexity index is 331. The van der Waals surface area contributed by atoms with Crippen molar-refractivity contribution in [2.45, 2.75) is 70.4 Å². The maximum atomic E-state index is 10.4. The van der Waals surface area contributed by atoms with Crippen molar-refractivity contribution >= 4 is 0 Å². The van der Waals surface area contributed by atoms with Crippen molar-refractivity contribution in [3.05, 3.63) is 0 Å². The Morgan fingerprint density at radius 3 is 2.19 bits per heavy atom. The van der Waals surface area contributed by atoms with Crippen LogP contribution in [0.1, 0.15) is 58.8 Å². The highest BCUT2D eigenvalue weighted by Crippen LogP contribution is 2.61. The van der Waals surface area contributed by atoms with Crippen molar-refractivity contribution < 1.29 is 9.84 Å². The number of rotatable bonds is 7. The zero-order chi connectivity index (χ0) is 15.1. The predicted octanol–water partition coefficient (Wildman–Crippen LogP) is 2.97. The summed E-state index contributed by atoms with van der Waals surface area (Å²) >= 11 is 0. The Labute approximate surface area is 129 Å². The van der Waals surface area contributed by atoms with Gasteiger partial charge in [0.25, 0.3) is 0 Å². The fraction of sp³-hybridized carbons (Fsp3) is 1.00. The molecule has 0 radical (unpaired) electrons. The van der Waals surface area contributed by atoms with Gasteiger partial charge in [-0.2, -0.15) is 0 Å². The molecule has 0 amide bonds. The Balaban J connectivity index is 1.57. The summed E-state index contributed by atoms with van der Waals surface area (Å²) in [5.74, 6) is 2.98. The van der Waals surface area contributed by atoms with E-state index in [9.17, 15) is 5.11 Å². The van der Waals surface area contributed by atoms with Gasteiger partial charge < -0.3 is 15.2 Å². The van der Waals surface area contributed by atoms with Gasteiger partial charge >= 0.3 is 0 Å². The molecule has 0 aliphatic heterocycles. The molecule has 3 heteroatoms. The summed E-state index contributed by atoms with van der Waals surface area (Å²) in [5, 5.41) is 14.1. The third-order valence-corrected chi connectivity index (χ3v) is 6.64. The minimum atomic E-state index is -0.660. The summed E-state index contributed by atoms with van der Waals surface area (Å²) in [6, 6.07) is 0.528. The molecule has 0 spiro atoms. The normalized spacial score (nSPS) is 42.0. The van der Waals surface area contributed by atoms with Gasteiger partial charge in [0.05, 0.1) is 5.60 Å². The summed E-state index contributed by atoms with van der Waals surface area (Å²) in [6.45, 7) is 5.59. The Kier molecular flexibility index (Phi) is 4.37. The van der Waals surface area contributed by atoms with E-state index in [2.05, 4.69) is 12.2 Å². The summed E-state index contributed by atoms with van der Waals surface area (Å²) in [4.78, 5) is 0. The maximum absolute atomic E-state index is 10.4. The Morgan fingerprint density at radius 1 is 1.19 bits per heavy atom. The quantitative estimate of drug-likeness (QED) is 0.759. The van der Waals surface area contributed by atoms with Gasteiger partial charge in [-0.25, -0.2) is 0 Å². The summed E-state index contributed by atoms with van der Waals surface area (Å²) < 4.78 is 5.10. The lowest BCUT2D eigenvalue weighted by atomic mass is 9.48. The van der Waals surface area contributed by atoms with Crippen LogP contribution in [-0.2, 0) is 4.74 Å². The smallest absolute Gasteiger partial charge is 0.0765 e. The van der Waals surface area contributed by atoms with Crippen LogP contribution < -0.4 is 5.32 Å². The molecular formula is C18H33NO2. The fourth-order valence-electron chi connectivity index (χ4n) is 5.71. The van der Waals surface area contributed by atoms with Crippen LogP contribution in [0.5, 0.6) is 0 Å². The third-order valence-electron chi connectivity index (χ3n) is 6.64. The lowest BCUT2D eigenvalue weighted by molar-refractivity contribution is -0.0745. The van der Waals surface area contributed by atoms with Gasteiger partial charge in [-0.05, 0) is 75.5 Å². The second kappa shape index (κ2) is 5.82. The van der Waals surface area contributed by atoms with Crippen molar-refractivity contribution in [2.24, 2.45) is 23.2 Å². The Hall–Kier alpha value is -0.120. The predicted molar refractivity (Wildman–Crippen MR) is 85.2 cm³/mol. The number of hydrogen-bond acceptors (Lipinski definition) is 3. The molecule has 4 aliphatic rings. The standard InChI is InChI=1S/C18H33NO2/c1-13(19-12-17(2,20)4-5-21-3)18-9-14-6-15(10-18)8-16(7-14)11-18/h13-16,19-20H,4-12H2,1-3H3. The van der Waals surface area contributed by atoms with Crippen LogP contribution in [-0.4, -0.2) is 37.0 Å². The summed E-state index contributed by atoms with van der Waals surface area (Å²) in [7, 11) is 1.70. The van der Waals surface area contributed by atoms with Crippen LogP contribution in [0.4, 0.5) is 0 Å². The molecule has 4 saturated carbocycles. The lowest BCUT2D eigenvalue weighted by Crippen LogP contribution is -2.56. The number of ether oxygens (including phenoxy) is 1. The molecule has 21 heavy (non-hydrogen) atoms. The molecule has 3 nitrogen and oxygen atoms in total. The molecule has 2 unspecified atom stereocenters. The van der Waals surface area contributed by atoms with Crippen molar-refractivity contribution in [1.29, 1.82) is 0 Å². The minimum absolute atomic E-state index is 0.520. The average molecular weight is 295 g/mol. The van der Waals surface area contributed by atoms with E-state index in [1.165, 1.54) is 38.5 Å². The lowest BCUT2D eigenvalue weighted by Gasteiger charge is -2.59. The summed E-state index contributed by atoms with van der Waals surface area (Å²) in [6.07, 6.45) is 9.46. The summed E-state index contributed by atoms with van der Waals surface area (Å²) in [5.41, 5.74) is -0.140. The first-order valence-corrected chi connectivity index (χ1v) is 8.87. The number of aliphatic hydroxyl groups is 1. The zero-order valence-corrected chi connectivity index (χ0v) is 14.0. The van der Waals surface area contributed by atoms with E-state index in [0.717, 1.165) is 17.8 Å². The molecule has 0 heterocycles. The molecule has 122 valence electrons. The molecule has 2 atom stereocenters. The SMILES string of the molecule is COCCC(C)(O)CNC(C)C12CC3CC(CC(C3)C1)C2. The van der Waals surface area contributed by atoms with E-state index in [1.807, 2.05) is 6.92 Å². The topological polar surface area (TPSA) is 41.5 Å². The molecule has 0 aromatic rings. The highest BCUT2D eigenvalue weighted by Gasteiger charge is 2.53. The van der Waals surface area contributed by atoms with Crippen molar-refractivity contribution in [1.82, 2.24) is 5.32 Å². The van der Waals surface area contributed by atoms with Gasteiger partial charge in [-0.1, -0.05) is 0 Å². The molecule has 2 N–H and O–H groups in total. The zero-order valence-electron chi connectivity index (χ0n) is 14.0. The first-order chi connectivity index (χ1) is 9.92. The average Bonchev–Trinajstić information content (AvgIpc) is 2.41. The van der Waals surface area contributed by atoms with Gasteiger partial charge in [0.1, 0.15) is 0 Å². The fourth-order valence-corrected chi connectivity index (χ4v) is 5.71. The minimum Gasteiger partial charge on any atom is -0.389 e. The highest BCUT2D eigenvalue weighted by atomic mass is 16.5. The number of nitrogens with one attached hydrogen (secondary N) is 1. The van der Waals surface area contributed by atoms with Gasteiger partial charge in [-0.3, -0.25) is 0 Å². The first-order valence-electron chi connectivity index (χ1n) is 8.87. The monoisotopic (exact) mass is 295 g/mol. The second-order valence-electron chi connectivity index (χ2n) is 8.62. The van der Waals surface area contributed by atoms with Gasteiger partial charge in [0.15, 0.2) is 0 Å². The molecule has 0 aromatic heterocycles. The highest BCUT2D eigenvalue weighted by molar-refractivity contribution is 5.05. The largest absolute Gasteiger partial charge is 0.389 e. The van der Waals surface area contributed by atoms with Crippen molar-refractivity contribution in [3.8, 4) is 0 Å². The number of hydrogen-bond donors (Lipinski definition) is 2. The molecule has 4 aliphatic carbocycles. The van der Waals surface area contributed by atoms with Crippen molar-refractivity contribution in [3.63, 3.8) is 0 Å². The van der Waals surface area contributed by atoms with E-state index in [4.69, 9.17) is 4.74 Å². The van der Waals surface area contributed by atoms with E-state index in [-0.39, 0.29) is 0 Å². The molecular weight excluding hydrogens is 262 g/mol. The van der Waals surface area contributed by atoms with Gasteiger partial charge in [0.2, 0.25) is 0 Å². The second-order valence-corrected chi connectivity index (χ2v) is 8.62. The van der Waals surface area contributed by atoms with Gasteiger partial charge in [-0.15, -0.1) is 0 Å². The molecule has 0 aromatic carbocycles. The van der Waals surface area contributed by atoms with Crippen LogP contribution >= 0.6 is 0 Å². The van der Waals surface area contributed by atoms with E-state index in [0.29, 0.717) is 31.0 Å². The number of methoxy groups -OCH3 is 1. The first kappa shape index (κ1) is 15.8. The molecule has 4 fully saturated rings. The van der Waals surface area contributed by atoms with E-state index in [1.54, 1.807) is 7.11 Å².